The first-order chi connectivity index (χ1) is 10.8. The molecule has 0 saturated carbocycles. The van der Waals surface area contributed by atoms with Gasteiger partial charge in [-0.05, 0) is 23.8 Å². The van der Waals surface area contributed by atoms with Crippen molar-refractivity contribution in [2.24, 2.45) is 5.73 Å². The number of para-hydroxylation sites is 1. The molecule has 0 spiro atoms. The molecule has 114 valence electrons. The van der Waals surface area contributed by atoms with Crippen molar-refractivity contribution in [1.29, 1.82) is 0 Å². The summed E-state index contributed by atoms with van der Waals surface area (Å²) in [4.78, 5) is 16.9. The molecule has 0 aliphatic carbocycles. The van der Waals surface area contributed by atoms with Crippen molar-refractivity contribution in [3.63, 3.8) is 0 Å². The summed E-state index contributed by atoms with van der Waals surface area (Å²) in [7, 11) is 0. The molecule has 0 atom stereocenters. The monoisotopic (exact) mass is 295 g/mol. The average Bonchev–Trinajstić information content (AvgIpc) is 2.62. The number of anilines is 1. The van der Waals surface area contributed by atoms with Gasteiger partial charge in [-0.15, -0.1) is 0 Å². The van der Waals surface area contributed by atoms with Gasteiger partial charge in [0.2, 0.25) is 0 Å². The summed E-state index contributed by atoms with van der Waals surface area (Å²) >= 11 is 0. The van der Waals surface area contributed by atoms with Gasteiger partial charge in [-0.25, -0.2) is 0 Å². The maximum Gasteiger partial charge on any atom is 0.254 e. The van der Waals surface area contributed by atoms with Gasteiger partial charge in [-0.2, -0.15) is 0 Å². The van der Waals surface area contributed by atoms with Crippen LogP contribution in [-0.2, 0) is 6.54 Å². The van der Waals surface area contributed by atoms with Gasteiger partial charge >= 0.3 is 0 Å². The summed E-state index contributed by atoms with van der Waals surface area (Å²) in [6.07, 6.45) is 0. The Morgan fingerprint density at radius 2 is 1.55 bits per heavy atom. The van der Waals surface area contributed by atoms with Gasteiger partial charge in [-0.1, -0.05) is 36.4 Å². The van der Waals surface area contributed by atoms with Gasteiger partial charge in [0.15, 0.2) is 0 Å². The van der Waals surface area contributed by atoms with E-state index in [1.54, 1.807) is 0 Å². The van der Waals surface area contributed by atoms with Crippen molar-refractivity contribution in [3.8, 4) is 0 Å². The lowest BCUT2D eigenvalue weighted by Crippen LogP contribution is -2.49. The summed E-state index contributed by atoms with van der Waals surface area (Å²) in [5.41, 5.74) is 8.61. The maximum absolute atomic E-state index is 12.7. The fraction of sp³-hybridized carbons (Fsp3) is 0.278. The Balaban J connectivity index is 1.67. The van der Waals surface area contributed by atoms with Crippen molar-refractivity contribution in [1.82, 2.24) is 4.90 Å². The lowest BCUT2D eigenvalue weighted by molar-refractivity contribution is 0.0745. The van der Waals surface area contributed by atoms with E-state index in [1.165, 1.54) is 5.69 Å². The molecule has 1 aliphatic rings. The zero-order chi connectivity index (χ0) is 15.4. The molecule has 0 unspecified atom stereocenters. The highest BCUT2D eigenvalue weighted by Gasteiger charge is 2.23. The van der Waals surface area contributed by atoms with Crippen molar-refractivity contribution >= 4 is 11.6 Å². The third-order valence-electron chi connectivity index (χ3n) is 4.16. The van der Waals surface area contributed by atoms with Gasteiger partial charge in [0, 0.05) is 44.0 Å². The van der Waals surface area contributed by atoms with Crippen LogP contribution in [0.2, 0.25) is 0 Å². The highest BCUT2D eigenvalue weighted by molar-refractivity contribution is 5.95. The van der Waals surface area contributed by atoms with Gasteiger partial charge in [-0.3, -0.25) is 4.79 Å². The predicted octanol–water partition coefficient (Wildman–Crippen LogP) is 2.11. The minimum absolute atomic E-state index is 0.0914. The number of hydrogen-bond donors (Lipinski definition) is 1. The molecule has 0 radical (unpaired) electrons. The molecule has 1 aliphatic heterocycles. The molecule has 2 N–H and O–H groups in total. The Labute approximate surface area is 131 Å². The summed E-state index contributed by atoms with van der Waals surface area (Å²) in [6.45, 7) is 3.60. The number of carbonyl (C=O) groups is 1. The van der Waals surface area contributed by atoms with Gasteiger partial charge in [0.25, 0.3) is 5.91 Å². The Morgan fingerprint density at radius 1 is 0.909 bits per heavy atom. The first kappa shape index (κ1) is 14.6. The molecule has 1 fully saturated rings. The van der Waals surface area contributed by atoms with Gasteiger partial charge < -0.3 is 15.5 Å². The van der Waals surface area contributed by atoms with Gasteiger partial charge in [0.05, 0.1) is 0 Å². The number of hydrogen-bond acceptors (Lipinski definition) is 3. The molecule has 1 heterocycles. The predicted molar refractivity (Wildman–Crippen MR) is 88.9 cm³/mol. The standard InChI is InChI=1S/C18H21N3O/c19-14-15-6-4-5-9-17(15)18(22)21-12-10-20(11-13-21)16-7-2-1-3-8-16/h1-9H,10-14,19H2. The van der Waals surface area contributed by atoms with E-state index in [0.717, 1.165) is 37.3 Å². The zero-order valence-corrected chi connectivity index (χ0v) is 12.6. The average molecular weight is 295 g/mol. The van der Waals surface area contributed by atoms with E-state index in [4.69, 9.17) is 5.73 Å². The van der Waals surface area contributed by atoms with E-state index in [1.807, 2.05) is 47.4 Å². The number of rotatable bonds is 3. The molecular weight excluding hydrogens is 274 g/mol. The summed E-state index contributed by atoms with van der Waals surface area (Å²) in [5.74, 6) is 0.0914. The SMILES string of the molecule is NCc1ccccc1C(=O)N1CCN(c2ccccc2)CC1. The third kappa shape index (κ3) is 2.97. The van der Waals surface area contributed by atoms with E-state index in [2.05, 4.69) is 17.0 Å². The van der Waals surface area contributed by atoms with Gasteiger partial charge in [0.1, 0.15) is 0 Å². The lowest BCUT2D eigenvalue weighted by Gasteiger charge is -2.36. The fourth-order valence-electron chi connectivity index (χ4n) is 2.88. The van der Waals surface area contributed by atoms with Crippen LogP contribution in [0.3, 0.4) is 0 Å². The second-order valence-corrected chi connectivity index (χ2v) is 5.48. The third-order valence-corrected chi connectivity index (χ3v) is 4.16. The first-order valence-electron chi connectivity index (χ1n) is 7.67. The molecule has 2 aromatic rings. The summed E-state index contributed by atoms with van der Waals surface area (Å²) in [5, 5.41) is 0. The van der Waals surface area contributed by atoms with Crippen LogP contribution < -0.4 is 10.6 Å². The van der Waals surface area contributed by atoms with Crippen LogP contribution >= 0.6 is 0 Å². The van der Waals surface area contributed by atoms with Crippen LogP contribution in [0.15, 0.2) is 54.6 Å². The van der Waals surface area contributed by atoms with Crippen LogP contribution in [0.4, 0.5) is 5.69 Å². The van der Waals surface area contributed by atoms with Crippen LogP contribution in [0.5, 0.6) is 0 Å². The quantitative estimate of drug-likeness (QED) is 0.943. The van der Waals surface area contributed by atoms with Crippen molar-refractivity contribution in [2.75, 3.05) is 31.1 Å². The first-order valence-corrected chi connectivity index (χ1v) is 7.67. The highest BCUT2D eigenvalue weighted by atomic mass is 16.2. The Hall–Kier alpha value is -2.33. The fourth-order valence-corrected chi connectivity index (χ4v) is 2.88. The minimum Gasteiger partial charge on any atom is -0.368 e. The molecule has 1 saturated heterocycles. The second kappa shape index (κ2) is 6.62. The number of nitrogens with zero attached hydrogens (tertiary/aromatic N) is 2. The molecule has 22 heavy (non-hydrogen) atoms. The lowest BCUT2D eigenvalue weighted by atomic mass is 10.1. The van der Waals surface area contributed by atoms with Crippen molar-refractivity contribution < 1.29 is 4.79 Å². The minimum atomic E-state index is 0.0914. The molecule has 1 amide bonds. The molecule has 0 bridgehead atoms. The summed E-state index contributed by atoms with van der Waals surface area (Å²) < 4.78 is 0. The number of benzene rings is 2. The molecule has 0 aromatic heterocycles. The van der Waals surface area contributed by atoms with Crippen LogP contribution in [0, 0.1) is 0 Å². The Bertz CT molecular complexity index is 634. The van der Waals surface area contributed by atoms with Crippen LogP contribution in [0.1, 0.15) is 15.9 Å². The van der Waals surface area contributed by atoms with Crippen LogP contribution in [-0.4, -0.2) is 37.0 Å². The van der Waals surface area contributed by atoms with Crippen molar-refractivity contribution in [3.05, 3.63) is 65.7 Å². The number of piperazine rings is 1. The molecule has 3 rings (SSSR count). The highest BCUT2D eigenvalue weighted by Crippen LogP contribution is 2.18. The van der Waals surface area contributed by atoms with E-state index < -0.39 is 0 Å². The molecule has 4 nitrogen and oxygen atoms in total. The zero-order valence-electron chi connectivity index (χ0n) is 12.6. The molecule has 4 heteroatoms. The molecule has 2 aromatic carbocycles. The van der Waals surface area contributed by atoms with Crippen molar-refractivity contribution in [2.45, 2.75) is 6.54 Å². The Morgan fingerprint density at radius 3 is 2.23 bits per heavy atom. The van der Waals surface area contributed by atoms with E-state index in [0.29, 0.717) is 6.54 Å². The molecular formula is C18H21N3O. The second-order valence-electron chi connectivity index (χ2n) is 5.48. The van der Waals surface area contributed by atoms with E-state index in [-0.39, 0.29) is 5.91 Å². The normalized spacial score (nSPS) is 15.0. The van der Waals surface area contributed by atoms with E-state index in [9.17, 15) is 4.79 Å². The largest absolute Gasteiger partial charge is 0.368 e. The maximum atomic E-state index is 12.7. The number of nitrogens with two attached hydrogens (primary N) is 1. The van der Waals surface area contributed by atoms with E-state index >= 15 is 0 Å². The van der Waals surface area contributed by atoms with Crippen LogP contribution in [0.25, 0.3) is 0 Å². The Kier molecular flexibility index (Phi) is 4.39. The smallest absolute Gasteiger partial charge is 0.254 e. The number of amides is 1. The topological polar surface area (TPSA) is 49.6 Å². The summed E-state index contributed by atoms with van der Waals surface area (Å²) in [6, 6.07) is 17.9. The number of carbonyl (C=O) groups excluding carboxylic acids is 1.